The van der Waals surface area contributed by atoms with Crippen molar-refractivity contribution in [1.29, 1.82) is 0 Å². The van der Waals surface area contributed by atoms with Gasteiger partial charge in [-0.1, -0.05) is 35.0 Å². The number of halogens is 2. The van der Waals surface area contributed by atoms with Gasteiger partial charge in [-0.3, -0.25) is 9.63 Å². The van der Waals surface area contributed by atoms with Crippen molar-refractivity contribution in [1.82, 2.24) is 15.0 Å². The van der Waals surface area contributed by atoms with Crippen LogP contribution in [0, 0.1) is 11.6 Å². The van der Waals surface area contributed by atoms with Crippen molar-refractivity contribution in [3.05, 3.63) is 113 Å². The first-order valence-electron chi connectivity index (χ1n) is 11.9. The number of aromatic nitrogens is 2. The van der Waals surface area contributed by atoms with E-state index in [4.69, 9.17) is 9.82 Å². The van der Waals surface area contributed by atoms with Crippen LogP contribution in [0.25, 0.3) is 0 Å². The molecule has 192 valence electrons. The topological polar surface area (TPSA) is 82.7 Å². The Kier molecular flexibility index (Phi) is 6.89. The zero-order chi connectivity index (χ0) is 26.8. The monoisotopic (exact) mass is 515 g/mol. The second-order valence-electron chi connectivity index (χ2n) is 8.78. The number of fused-ring (bicyclic) bond motifs is 1. The zero-order valence-corrected chi connectivity index (χ0v) is 21.0. The van der Waals surface area contributed by atoms with Crippen molar-refractivity contribution in [3.63, 3.8) is 0 Å². The summed E-state index contributed by atoms with van der Waals surface area (Å²) in [6.45, 7) is 2.00. The van der Waals surface area contributed by atoms with Crippen molar-refractivity contribution >= 4 is 23.2 Å². The van der Waals surface area contributed by atoms with E-state index in [1.807, 2.05) is 37.3 Å². The highest BCUT2D eigenvalue weighted by Gasteiger charge is 2.41. The maximum atomic E-state index is 14.9. The molecule has 2 heterocycles. The molecule has 1 aliphatic rings. The van der Waals surface area contributed by atoms with Gasteiger partial charge in [0, 0.05) is 36.1 Å². The van der Waals surface area contributed by atoms with Gasteiger partial charge in [-0.15, -0.1) is 0 Å². The van der Waals surface area contributed by atoms with Gasteiger partial charge in [0.2, 0.25) is 5.95 Å². The molecular formula is C28H25F2N6O2+. The number of rotatable bonds is 7. The van der Waals surface area contributed by atoms with Gasteiger partial charge < -0.3 is 5.32 Å². The SMILES string of the molecule is CON(C)C(=O)c1ccc2c(c1)N=[N+](c1ccc(F)cc1F)C2c1ccnc(N[C@@H](C)c2ccccc2)n1. The van der Waals surface area contributed by atoms with E-state index in [-0.39, 0.29) is 17.6 Å². The fourth-order valence-electron chi connectivity index (χ4n) is 4.32. The summed E-state index contributed by atoms with van der Waals surface area (Å²) in [6.07, 6.45) is 1.62. The lowest BCUT2D eigenvalue weighted by Crippen LogP contribution is -2.25. The molecule has 1 aromatic heterocycles. The van der Waals surface area contributed by atoms with Gasteiger partial charge in [0.25, 0.3) is 17.6 Å². The second-order valence-corrected chi connectivity index (χ2v) is 8.78. The van der Waals surface area contributed by atoms with Crippen molar-refractivity contribution < 1.29 is 23.1 Å². The van der Waals surface area contributed by atoms with E-state index in [0.29, 0.717) is 28.5 Å². The Labute approximate surface area is 218 Å². The van der Waals surface area contributed by atoms with E-state index in [1.54, 1.807) is 30.5 Å². The van der Waals surface area contributed by atoms with E-state index in [9.17, 15) is 13.6 Å². The van der Waals surface area contributed by atoms with Crippen LogP contribution < -0.4 is 5.32 Å². The molecule has 1 amide bonds. The normalized spacial score (nSPS) is 15.0. The number of nitrogens with zero attached hydrogens (tertiary/aromatic N) is 5. The number of carbonyl (C=O) groups excluding carboxylic acids is 1. The van der Waals surface area contributed by atoms with Gasteiger partial charge in [0.05, 0.1) is 18.7 Å². The first-order valence-corrected chi connectivity index (χ1v) is 11.9. The highest BCUT2D eigenvalue weighted by Crippen LogP contribution is 2.43. The van der Waals surface area contributed by atoms with Gasteiger partial charge in [-0.25, -0.2) is 19.4 Å². The lowest BCUT2D eigenvalue weighted by Gasteiger charge is -2.16. The largest absolute Gasteiger partial charge is 0.348 e. The fraction of sp³-hybridized carbons (Fsp3) is 0.179. The quantitative estimate of drug-likeness (QED) is 0.238. The summed E-state index contributed by atoms with van der Waals surface area (Å²) >= 11 is 0. The third kappa shape index (κ3) is 4.85. The molecule has 0 bridgehead atoms. The van der Waals surface area contributed by atoms with E-state index in [1.165, 1.54) is 31.0 Å². The number of benzene rings is 3. The Hall–Kier alpha value is -4.57. The molecule has 2 atom stereocenters. The average Bonchev–Trinajstić information content (AvgIpc) is 3.31. The first kappa shape index (κ1) is 25.1. The van der Waals surface area contributed by atoms with E-state index in [2.05, 4.69) is 15.4 Å². The molecule has 10 heteroatoms. The average molecular weight is 516 g/mol. The lowest BCUT2D eigenvalue weighted by molar-refractivity contribution is -0.538. The number of nitrogens with one attached hydrogen (secondary N) is 1. The number of hydroxylamine groups is 2. The Bertz CT molecular complexity index is 1530. The Morgan fingerprint density at radius 1 is 1.08 bits per heavy atom. The van der Waals surface area contributed by atoms with Crippen LogP contribution in [-0.4, -0.2) is 39.8 Å². The maximum absolute atomic E-state index is 14.9. The molecule has 3 aromatic carbocycles. The van der Waals surface area contributed by atoms with E-state index in [0.717, 1.165) is 16.7 Å². The number of anilines is 1. The molecule has 0 spiro atoms. The van der Waals surface area contributed by atoms with Crippen LogP contribution in [0.3, 0.4) is 0 Å². The summed E-state index contributed by atoms with van der Waals surface area (Å²) in [6, 6.07) is 19.2. The Morgan fingerprint density at radius 3 is 2.61 bits per heavy atom. The molecule has 1 unspecified atom stereocenters. The van der Waals surface area contributed by atoms with Gasteiger partial charge in [0.1, 0.15) is 17.2 Å². The first-order chi connectivity index (χ1) is 18.4. The summed E-state index contributed by atoms with van der Waals surface area (Å²) in [7, 11) is 2.89. The number of amides is 1. The van der Waals surface area contributed by atoms with Crippen LogP contribution in [0.2, 0.25) is 0 Å². The number of hydrogen-bond acceptors (Lipinski definition) is 6. The molecule has 8 nitrogen and oxygen atoms in total. The molecule has 0 saturated carbocycles. The fourth-order valence-corrected chi connectivity index (χ4v) is 4.32. The van der Waals surface area contributed by atoms with Crippen LogP contribution in [0.15, 0.2) is 84.1 Å². The lowest BCUT2D eigenvalue weighted by atomic mass is 10.00. The summed E-state index contributed by atoms with van der Waals surface area (Å²) in [5, 5.41) is 9.02. The zero-order valence-electron chi connectivity index (χ0n) is 21.0. The molecule has 5 rings (SSSR count). The minimum atomic E-state index is -0.771. The van der Waals surface area contributed by atoms with Crippen LogP contribution in [0.5, 0.6) is 0 Å². The molecule has 0 saturated heterocycles. The predicted molar refractivity (Wildman–Crippen MR) is 136 cm³/mol. The molecule has 4 aromatic rings. The maximum Gasteiger partial charge on any atom is 0.277 e. The minimum Gasteiger partial charge on any atom is -0.348 e. The number of hydrogen-bond donors (Lipinski definition) is 1. The summed E-state index contributed by atoms with van der Waals surface area (Å²) in [5.41, 5.74) is 3.18. The minimum absolute atomic E-state index is 0.0657. The van der Waals surface area contributed by atoms with E-state index < -0.39 is 17.7 Å². The van der Waals surface area contributed by atoms with Crippen LogP contribution in [0.1, 0.15) is 46.2 Å². The third-order valence-corrected chi connectivity index (χ3v) is 6.35. The van der Waals surface area contributed by atoms with Crippen LogP contribution >= 0.6 is 0 Å². The highest BCUT2D eigenvalue weighted by atomic mass is 19.1. The smallest absolute Gasteiger partial charge is 0.277 e. The number of carbonyl (C=O) groups is 1. The molecule has 1 aliphatic heterocycles. The standard InChI is InChI=1S/C28H25F2N6O2/c1-17(18-7-5-4-6-8-18)32-28-31-14-13-23(33-28)26-21-11-9-19(27(37)35(2)38-3)15-24(21)34-36(26)25-12-10-20(29)16-22(25)30/h4-17,26H,1-3H3,(H,31,32,33)/q+1/t17-,26?/m0/s1. The Balaban J connectivity index is 1.56. The van der Waals surface area contributed by atoms with E-state index >= 15 is 0 Å². The predicted octanol–water partition coefficient (Wildman–Crippen LogP) is 6.09. The second kappa shape index (κ2) is 10.4. The number of azo groups is 2. The Morgan fingerprint density at radius 2 is 1.87 bits per heavy atom. The summed E-state index contributed by atoms with van der Waals surface area (Å²) in [4.78, 5) is 26.7. The van der Waals surface area contributed by atoms with Gasteiger partial charge >= 0.3 is 0 Å². The highest BCUT2D eigenvalue weighted by molar-refractivity contribution is 5.94. The van der Waals surface area contributed by atoms with Gasteiger partial charge in [-0.05, 0) is 42.8 Å². The molecule has 0 aliphatic carbocycles. The van der Waals surface area contributed by atoms with Gasteiger partial charge in [0.15, 0.2) is 5.82 Å². The van der Waals surface area contributed by atoms with Crippen LogP contribution in [-0.2, 0) is 4.84 Å². The van der Waals surface area contributed by atoms with Crippen LogP contribution in [0.4, 0.5) is 26.1 Å². The summed E-state index contributed by atoms with van der Waals surface area (Å²) in [5.74, 6) is -1.44. The van der Waals surface area contributed by atoms with Gasteiger partial charge in [-0.2, -0.15) is 4.39 Å². The molecule has 38 heavy (non-hydrogen) atoms. The van der Waals surface area contributed by atoms with Crippen molar-refractivity contribution in [2.24, 2.45) is 5.11 Å². The summed E-state index contributed by atoms with van der Waals surface area (Å²) < 4.78 is 30.1. The molecule has 1 N–H and O–H groups in total. The van der Waals surface area contributed by atoms with Crippen molar-refractivity contribution in [3.8, 4) is 0 Å². The van der Waals surface area contributed by atoms with Crippen molar-refractivity contribution in [2.75, 3.05) is 19.5 Å². The molecular weight excluding hydrogens is 490 g/mol. The molecule has 0 radical (unpaired) electrons. The molecule has 0 fully saturated rings. The third-order valence-electron chi connectivity index (χ3n) is 6.35. The van der Waals surface area contributed by atoms with Crippen molar-refractivity contribution in [2.45, 2.75) is 19.0 Å².